The number of rotatable bonds is 3. The second-order valence-electron chi connectivity index (χ2n) is 4.78. The Bertz CT molecular complexity index is 727. The number of anilines is 1. The van der Waals surface area contributed by atoms with Crippen LogP contribution >= 0.6 is 11.8 Å². The molecule has 2 heterocycles. The molecule has 1 atom stereocenters. The fourth-order valence-electron chi connectivity index (χ4n) is 2.53. The van der Waals surface area contributed by atoms with Crippen LogP contribution in [-0.4, -0.2) is 21.6 Å². The molecule has 0 aliphatic carbocycles. The van der Waals surface area contributed by atoms with Crippen molar-refractivity contribution in [1.82, 2.24) is 9.97 Å². The summed E-state index contributed by atoms with van der Waals surface area (Å²) < 4.78 is 0. The lowest BCUT2D eigenvalue weighted by atomic mass is 9.87. The Hall–Kier alpha value is -2.08. The molecular formula is C15H15N3O2S. The number of hydrogen-bond donors (Lipinski definition) is 2. The Morgan fingerprint density at radius 2 is 2.05 bits per heavy atom. The van der Waals surface area contributed by atoms with E-state index in [0.29, 0.717) is 16.5 Å². The molecule has 1 amide bonds. The number of aromatic amines is 1. The van der Waals surface area contributed by atoms with Crippen molar-refractivity contribution in [3.63, 3.8) is 0 Å². The molecule has 21 heavy (non-hydrogen) atoms. The van der Waals surface area contributed by atoms with Crippen LogP contribution in [0.5, 0.6) is 0 Å². The smallest absolute Gasteiger partial charge is 0.257 e. The van der Waals surface area contributed by atoms with Crippen molar-refractivity contribution in [3.8, 4) is 0 Å². The van der Waals surface area contributed by atoms with E-state index < -0.39 is 0 Å². The number of carbonyl (C=O) groups is 1. The molecule has 1 aromatic heterocycles. The third-order valence-corrected chi connectivity index (χ3v) is 4.17. The molecule has 0 spiro atoms. The van der Waals surface area contributed by atoms with Gasteiger partial charge >= 0.3 is 0 Å². The Morgan fingerprint density at radius 3 is 2.76 bits per heavy atom. The minimum Gasteiger partial charge on any atom is -0.310 e. The quantitative estimate of drug-likeness (QED) is 0.674. The number of thioether (sulfide) groups is 1. The van der Waals surface area contributed by atoms with E-state index in [-0.39, 0.29) is 23.8 Å². The average molecular weight is 301 g/mol. The lowest BCUT2D eigenvalue weighted by Crippen LogP contribution is -2.31. The van der Waals surface area contributed by atoms with Gasteiger partial charge in [-0.3, -0.25) is 9.59 Å². The standard InChI is InChI=1S/C15H15N3O2S/c1-2-21-15-17-13-12(14(20)18-15)10(8-11(19)16-13)9-6-4-3-5-7-9/h3-7,10H,2,8H2,1H3,(H2,16,17,18,19,20)/t10-/m0/s1. The molecule has 0 bridgehead atoms. The number of nitrogens with one attached hydrogen (secondary N) is 2. The molecule has 2 N–H and O–H groups in total. The second kappa shape index (κ2) is 5.73. The number of benzene rings is 1. The van der Waals surface area contributed by atoms with E-state index in [1.54, 1.807) is 0 Å². The maximum Gasteiger partial charge on any atom is 0.257 e. The van der Waals surface area contributed by atoms with Gasteiger partial charge in [0.15, 0.2) is 5.16 Å². The maximum absolute atomic E-state index is 12.4. The molecule has 0 unspecified atom stereocenters. The highest BCUT2D eigenvalue weighted by molar-refractivity contribution is 7.99. The summed E-state index contributed by atoms with van der Waals surface area (Å²) in [6.45, 7) is 1.98. The van der Waals surface area contributed by atoms with Crippen LogP contribution in [0.25, 0.3) is 0 Å². The van der Waals surface area contributed by atoms with Crippen LogP contribution in [-0.2, 0) is 4.79 Å². The molecule has 6 heteroatoms. The summed E-state index contributed by atoms with van der Waals surface area (Å²) in [6, 6.07) is 9.59. The van der Waals surface area contributed by atoms with E-state index >= 15 is 0 Å². The van der Waals surface area contributed by atoms with Crippen molar-refractivity contribution in [1.29, 1.82) is 0 Å². The zero-order valence-corrected chi connectivity index (χ0v) is 12.4. The topological polar surface area (TPSA) is 74.8 Å². The number of fused-ring (bicyclic) bond motifs is 1. The van der Waals surface area contributed by atoms with Gasteiger partial charge < -0.3 is 10.3 Å². The SMILES string of the molecule is CCSc1nc2c(c(=O)[nH]1)[C@H](c1ccccc1)CC(=O)N2. The van der Waals surface area contributed by atoms with Crippen LogP contribution in [0.3, 0.4) is 0 Å². The zero-order valence-electron chi connectivity index (χ0n) is 11.6. The van der Waals surface area contributed by atoms with Crippen LogP contribution in [0.2, 0.25) is 0 Å². The highest BCUT2D eigenvalue weighted by Crippen LogP contribution is 2.34. The fourth-order valence-corrected chi connectivity index (χ4v) is 3.12. The first kappa shape index (κ1) is 13.9. The average Bonchev–Trinajstić information content (AvgIpc) is 2.47. The molecule has 2 aromatic rings. The molecule has 0 fully saturated rings. The van der Waals surface area contributed by atoms with Gasteiger partial charge in [0.1, 0.15) is 5.82 Å². The molecule has 0 saturated heterocycles. The maximum atomic E-state index is 12.4. The second-order valence-corrected chi connectivity index (χ2v) is 6.03. The number of carbonyl (C=O) groups excluding carboxylic acids is 1. The van der Waals surface area contributed by atoms with E-state index in [9.17, 15) is 9.59 Å². The van der Waals surface area contributed by atoms with E-state index in [1.165, 1.54) is 11.8 Å². The van der Waals surface area contributed by atoms with Crippen molar-refractivity contribution in [3.05, 3.63) is 51.8 Å². The van der Waals surface area contributed by atoms with Crippen LogP contribution in [0, 0.1) is 0 Å². The Kier molecular flexibility index (Phi) is 3.79. The van der Waals surface area contributed by atoms with Gasteiger partial charge in [0.05, 0.1) is 5.56 Å². The Morgan fingerprint density at radius 1 is 1.29 bits per heavy atom. The number of nitrogens with zero attached hydrogens (tertiary/aromatic N) is 1. The molecule has 0 radical (unpaired) electrons. The molecule has 1 aromatic carbocycles. The van der Waals surface area contributed by atoms with Crippen molar-refractivity contribution in [2.75, 3.05) is 11.1 Å². The highest BCUT2D eigenvalue weighted by Gasteiger charge is 2.30. The van der Waals surface area contributed by atoms with Crippen molar-refractivity contribution in [2.24, 2.45) is 0 Å². The minimum atomic E-state index is -0.244. The van der Waals surface area contributed by atoms with Crippen molar-refractivity contribution in [2.45, 2.75) is 24.4 Å². The molecule has 0 saturated carbocycles. The molecular weight excluding hydrogens is 286 g/mol. The van der Waals surface area contributed by atoms with Crippen LogP contribution in [0.4, 0.5) is 5.82 Å². The van der Waals surface area contributed by atoms with Gasteiger partial charge in [-0.05, 0) is 11.3 Å². The summed E-state index contributed by atoms with van der Waals surface area (Å²) in [4.78, 5) is 31.5. The lowest BCUT2D eigenvalue weighted by molar-refractivity contribution is -0.116. The number of amides is 1. The Labute approximate surface area is 126 Å². The van der Waals surface area contributed by atoms with Crippen LogP contribution < -0.4 is 10.9 Å². The zero-order chi connectivity index (χ0) is 14.8. The molecule has 1 aliphatic rings. The van der Waals surface area contributed by atoms with E-state index in [4.69, 9.17) is 0 Å². The van der Waals surface area contributed by atoms with Gasteiger partial charge in [-0.2, -0.15) is 0 Å². The predicted octanol–water partition coefficient (Wildman–Crippen LogP) is 2.36. The third kappa shape index (κ3) is 2.71. The highest BCUT2D eigenvalue weighted by atomic mass is 32.2. The van der Waals surface area contributed by atoms with Crippen molar-refractivity contribution >= 4 is 23.5 Å². The predicted molar refractivity (Wildman–Crippen MR) is 82.8 cm³/mol. The van der Waals surface area contributed by atoms with E-state index in [1.807, 2.05) is 37.3 Å². The number of hydrogen-bond acceptors (Lipinski definition) is 4. The molecule has 1 aliphatic heterocycles. The van der Waals surface area contributed by atoms with Gasteiger partial charge in [-0.15, -0.1) is 0 Å². The largest absolute Gasteiger partial charge is 0.310 e. The summed E-state index contributed by atoms with van der Waals surface area (Å²) in [5, 5.41) is 3.25. The van der Waals surface area contributed by atoms with Crippen LogP contribution in [0.15, 0.2) is 40.3 Å². The normalized spacial score (nSPS) is 17.2. The summed E-state index contributed by atoms with van der Waals surface area (Å²) in [5.41, 5.74) is 1.32. The summed E-state index contributed by atoms with van der Waals surface area (Å²) >= 11 is 1.44. The fraction of sp³-hybridized carbons (Fsp3) is 0.267. The number of H-pyrrole nitrogens is 1. The van der Waals surface area contributed by atoms with Gasteiger partial charge in [0.25, 0.3) is 5.56 Å². The van der Waals surface area contributed by atoms with E-state index in [2.05, 4.69) is 15.3 Å². The van der Waals surface area contributed by atoms with Gasteiger partial charge in [0, 0.05) is 12.3 Å². The van der Waals surface area contributed by atoms with E-state index in [0.717, 1.165) is 11.3 Å². The molecule has 3 rings (SSSR count). The lowest BCUT2D eigenvalue weighted by Gasteiger charge is -2.24. The van der Waals surface area contributed by atoms with Gasteiger partial charge in [-0.25, -0.2) is 4.98 Å². The number of aromatic nitrogens is 2. The van der Waals surface area contributed by atoms with Gasteiger partial charge in [-0.1, -0.05) is 49.0 Å². The first-order chi connectivity index (χ1) is 10.2. The summed E-state index contributed by atoms with van der Waals surface area (Å²) in [7, 11) is 0. The third-order valence-electron chi connectivity index (χ3n) is 3.41. The monoisotopic (exact) mass is 301 g/mol. The first-order valence-electron chi connectivity index (χ1n) is 6.81. The first-order valence-corrected chi connectivity index (χ1v) is 7.79. The van der Waals surface area contributed by atoms with Crippen LogP contribution in [0.1, 0.15) is 30.4 Å². The van der Waals surface area contributed by atoms with Gasteiger partial charge in [0.2, 0.25) is 5.91 Å². The molecule has 108 valence electrons. The Balaban J connectivity index is 2.12. The molecule has 5 nitrogen and oxygen atoms in total. The van der Waals surface area contributed by atoms with Crippen molar-refractivity contribution < 1.29 is 4.79 Å². The minimum absolute atomic E-state index is 0.109. The summed E-state index contributed by atoms with van der Waals surface area (Å²) in [5.74, 6) is 0.839. The summed E-state index contributed by atoms with van der Waals surface area (Å²) in [6.07, 6.45) is 0.266.